The number of nitrogens with two attached hydrogens (primary N) is 1. The summed E-state index contributed by atoms with van der Waals surface area (Å²) in [6.45, 7) is 8.43. The van der Waals surface area contributed by atoms with Crippen LogP contribution in [0, 0.1) is 5.92 Å². The summed E-state index contributed by atoms with van der Waals surface area (Å²) in [7, 11) is -3.04. The van der Waals surface area contributed by atoms with Crippen LogP contribution < -0.4 is 5.73 Å². The Morgan fingerprint density at radius 1 is 1.18 bits per heavy atom. The van der Waals surface area contributed by atoms with E-state index in [1.807, 2.05) is 0 Å². The summed E-state index contributed by atoms with van der Waals surface area (Å²) >= 11 is 0. The molecule has 102 valence electrons. The molecule has 0 amide bonds. The predicted octanol–water partition coefficient (Wildman–Crippen LogP) is -0.0614. The molecule has 0 aliphatic carbocycles. The number of hydrogen-bond donors (Lipinski definition) is 1. The summed E-state index contributed by atoms with van der Waals surface area (Å²) < 4.78 is 25.7. The minimum atomic E-state index is -3.04. The monoisotopic (exact) mass is 263 g/mol. The van der Waals surface area contributed by atoms with Gasteiger partial charge in [0, 0.05) is 39.3 Å². The van der Waals surface area contributed by atoms with Crippen LogP contribution in [0.2, 0.25) is 0 Å². The van der Waals surface area contributed by atoms with Gasteiger partial charge in [0.2, 0.25) is 10.0 Å². The molecule has 6 heteroatoms. The Labute approximate surface area is 105 Å². The van der Waals surface area contributed by atoms with Gasteiger partial charge in [0.25, 0.3) is 0 Å². The second kappa shape index (κ2) is 6.68. The van der Waals surface area contributed by atoms with E-state index >= 15 is 0 Å². The van der Waals surface area contributed by atoms with E-state index in [4.69, 9.17) is 5.73 Å². The molecule has 0 atom stereocenters. The van der Waals surface area contributed by atoms with Crippen molar-refractivity contribution in [3.8, 4) is 0 Å². The summed E-state index contributed by atoms with van der Waals surface area (Å²) in [5.74, 6) is 0.713. The second-order valence-corrected chi connectivity index (χ2v) is 7.12. The molecule has 0 unspecified atom stereocenters. The van der Waals surface area contributed by atoms with Crippen LogP contribution in [-0.4, -0.2) is 62.6 Å². The third kappa shape index (κ3) is 4.91. The molecule has 17 heavy (non-hydrogen) atoms. The van der Waals surface area contributed by atoms with Gasteiger partial charge in [0.15, 0.2) is 0 Å². The number of piperazine rings is 1. The van der Waals surface area contributed by atoms with Gasteiger partial charge in [-0.05, 0) is 12.3 Å². The molecular formula is C11H25N3O2S. The van der Waals surface area contributed by atoms with Crippen molar-refractivity contribution in [2.24, 2.45) is 11.7 Å². The third-order valence-corrected chi connectivity index (χ3v) is 5.03. The first kappa shape index (κ1) is 14.9. The highest BCUT2D eigenvalue weighted by molar-refractivity contribution is 7.89. The van der Waals surface area contributed by atoms with Crippen LogP contribution in [0.5, 0.6) is 0 Å². The van der Waals surface area contributed by atoms with Gasteiger partial charge in [-0.1, -0.05) is 13.8 Å². The fraction of sp³-hybridized carbons (Fsp3) is 1.00. The lowest BCUT2D eigenvalue weighted by atomic mass is 10.2. The lowest BCUT2D eigenvalue weighted by molar-refractivity contribution is 0.192. The Bertz CT molecular complexity index is 309. The standard InChI is InChI=1S/C11H25N3O2S/c1-11(2)3-10-17(15,16)14-8-6-13(5-4-12)7-9-14/h11H,3-10,12H2,1-2H3. The molecule has 1 fully saturated rings. The van der Waals surface area contributed by atoms with Crippen molar-refractivity contribution >= 4 is 10.0 Å². The van der Waals surface area contributed by atoms with E-state index in [0.717, 1.165) is 26.1 Å². The highest BCUT2D eigenvalue weighted by Crippen LogP contribution is 2.11. The van der Waals surface area contributed by atoms with Crippen LogP contribution in [0.15, 0.2) is 0 Å². The molecular weight excluding hydrogens is 238 g/mol. The molecule has 0 aromatic heterocycles. The summed E-state index contributed by atoms with van der Waals surface area (Å²) in [5.41, 5.74) is 5.49. The molecule has 0 aromatic carbocycles. The van der Waals surface area contributed by atoms with Crippen LogP contribution in [0.3, 0.4) is 0 Å². The molecule has 0 radical (unpaired) electrons. The number of hydrogen-bond acceptors (Lipinski definition) is 4. The summed E-state index contributed by atoms with van der Waals surface area (Å²) in [6.07, 6.45) is 0.741. The van der Waals surface area contributed by atoms with Crippen molar-refractivity contribution < 1.29 is 8.42 Å². The van der Waals surface area contributed by atoms with E-state index in [1.54, 1.807) is 4.31 Å². The van der Waals surface area contributed by atoms with Crippen molar-refractivity contribution in [1.82, 2.24) is 9.21 Å². The Morgan fingerprint density at radius 3 is 2.24 bits per heavy atom. The molecule has 0 spiro atoms. The molecule has 0 saturated carbocycles. The summed E-state index contributed by atoms with van der Waals surface area (Å²) in [6, 6.07) is 0. The van der Waals surface area contributed by atoms with E-state index in [9.17, 15) is 8.42 Å². The SMILES string of the molecule is CC(C)CCS(=O)(=O)N1CCN(CCN)CC1. The maximum Gasteiger partial charge on any atom is 0.214 e. The minimum absolute atomic E-state index is 0.279. The molecule has 1 rings (SSSR count). The van der Waals surface area contributed by atoms with Crippen molar-refractivity contribution in [1.29, 1.82) is 0 Å². The van der Waals surface area contributed by atoms with Gasteiger partial charge in [-0.25, -0.2) is 8.42 Å². The fourth-order valence-electron chi connectivity index (χ4n) is 1.93. The van der Waals surface area contributed by atoms with Crippen LogP contribution in [0.1, 0.15) is 20.3 Å². The fourth-order valence-corrected chi connectivity index (χ4v) is 3.67. The summed E-state index contributed by atoms with van der Waals surface area (Å²) in [4.78, 5) is 2.22. The first-order valence-corrected chi connectivity index (χ1v) is 7.97. The van der Waals surface area contributed by atoms with Gasteiger partial charge < -0.3 is 5.73 Å². The van der Waals surface area contributed by atoms with Gasteiger partial charge in [-0.2, -0.15) is 4.31 Å². The van der Waals surface area contributed by atoms with E-state index < -0.39 is 10.0 Å². The van der Waals surface area contributed by atoms with Gasteiger partial charge in [-0.3, -0.25) is 4.90 Å². The molecule has 1 aliphatic heterocycles. The van der Waals surface area contributed by atoms with Gasteiger partial charge in [0.1, 0.15) is 0 Å². The van der Waals surface area contributed by atoms with E-state index in [-0.39, 0.29) is 5.75 Å². The lowest BCUT2D eigenvalue weighted by Crippen LogP contribution is -2.50. The zero-order valence-corrected chi connectivity index (χ0v) is 11.7. The molecule has 1 heterocycles. The maximum absolute atomic E-state index is 12.0. The predicted molar refractivity (Wildman–Crippen MR) is 70.3 cm³/mol. The first-order chi connectivity index (χ1) is 7.95. The van der Waals surface area contributed by atoms with Gasteiger partial charge in [0.05, 0.1) is 5.75 Å². The Balaban J connectivity index is 2.41. The molecule has 1 aliphatic rings. The topological polar surface area (TPSA) is 66.6 Å². The normalized spacial score (nSPS) is 20.0. The van der Waals surface area contributed by atoms with Gasteiger partial charge >= 0.3 is 0 Å². The van der Waals surface area contributed by atoms with Crippen molar-refractivity contribution in [3.63, 3.8) is 0 Å². The smallest absolute Gasteiger partial charge is 0.214 e. The third-order valence-electron chi connectivity index (χ3n) is 3.12. The second-order valence-electron chi connectivity index (χ2n) is 5.03. The Hall–Kier alpha value is -0.170. The van der Waals surface area contributed by atoms with Crippen LogP contribution in [0.4, 0.5) is 0 Å². The van der Waals surface area contributed by atoms with Crippen LogP contribution in [0.25, 0.3) is 0 Å². The average Bonchev–Trinajstić information content (AvgIpc) is 2.28. The average molecular weight is 263 g/mol. The quantitative estimate of drug-likeness (QED) is 0.729. The van der Waals surface area contributed by atoms with E-state index in [1.165, 1.54) is 0 Å². The summed E-state index contributed by atoms with van der Waals surface area (Å²) in [5, 5.41) is 0. The molecule has 5 nitrogen and oxygen atoms in total. The van der Waals surface area contributed by atoms with E-state index in [2.05, 4.69) is 18.7 Å². The zero-order valence-electron chi connectivity index (χ0n) is 10.9. The molecule has 1 saturated heterocycles. The zero-order chi connectivity index (χ0) is 12.9. The molecule has 2 N–H and O–H groups in total. The maximum atomic E-state index is 12.0. The van der Waals surface area contributed by atoms with Crippen molar-refractivity contribution in [3.05, 3.63) is 0 Å². The number of sulfonamides is 1. The van der Waals surface area contributed by atoms with E-state index in [0.29, 0.717) is 25.6 Å². The largest absolute Gasteiger partial charge is 0.329 e. The Morgan fingerprint density at radius 2 is 1.76 bits per heavy atom. The Kier molecular flexibility index (Phi) is 5.85. The van der Waals surface area contributed by atoms with Crippen molar-refractivity contribution in [2.75, 3.05) is 45.0 Å². The van der Waals surface area contributed by atoms with Crippen LogP contribution in [-0.2, 0) is 10.0 Å². The van der Waals surface area contributed by atoms with Gasteiger partial charge in [-0.15, -0.1) is 0 Å². The number of nitrogens with zero attached hydrogens (tertiary/aromatic N) is 2. The first-order valence-electron chi connectivity index (χ1n) is 6.36. The molecule has 0 aromatic rings. The van der Waals surface area contributed by atoms with Crippen molar-refractivity contribution in [2.45, 2.75) is 20.3 Å². The highest BCUT2D eigenvalue weighted by Gasteiger charge is 2.26. The lowest BCUT2D eigenvalue weighted by Gasteiger charge is -2.33. The minimum Gasteiger partial charge on any atom is -0.329 e. The van der Waals surface area contributed by atoms with Crippen LogP contribution >= 0.6 is 0 Å². The number of rotatable bonds is 6. The highest BCUT2D eigenvalue weighted by atomic mass is 32.2. The molecule has 0 bridgehead atoms.